The van der Waals surface area contributed by atoms with Gasteiger partial charge in [-0.1, -0.05) is 23.7 Å². The Bertz CT molecular complexity index is 1330. The van der Waals surface area contributed by atoms with Gasteiger partial charge in [-0.05, 0) is 49.7 Å². The molecule has 2 amide bonds. The van der Waals surface area contributed by atoms with Gasteiger partial charge >= 0.3 is 17.6 Å². The number of fused-ring (bicyclic) bond motifs is 1. The van der Waals surface area contributed by atoms with Crippen molar-refractivity contribution in [1.29, 1.82) is 0 Å². The molecule has 0 bridgehead atoms. The Morgan fingerprint density at radius 1 is 1.15 bits per heavy atom. The molecule has 0 saturated heterocycles. The smallest absolute Gasteiger partial charge is 0.338 e. The van der Waals surface area contributed by atoms with Crippen molar-refractivity contribution >= 4 is 34.6 Å². The van der Waals surface area contributed by atoms with E-state index < -0.39 is 23.7 Å². The first-order valence-corrected chi connectivity index (χ1v) is 10.6. The molecule has 2 heterocycles. The summed E-state index contributed by atoms with van der Waals surface area (Å²) in [6, 6.07) is 12.2. The van der Waals surface area contributed by atoms with Crippen molar-refractivity contribution in [1.82, 2.24) is 10.6 Å². The SMILES string of the molecule is CCOC(=O)C1=C(C)NC(=O)NC1c1cccc(OCc2cc(=O)oc3ccc(Cl)cc23)c1. The molecule has 0 aliphatic carbocycles. The van der Waals surface area contributed by atoms with Crippen LogP contribution in [0.5, 0.6) is 5.75 Å². The Balaban J connectivity index is 1.62. The summed E-state index contributed by atoms with van der Waals surface area (Å²) in [5.41, 5.74) is 1.92. The lowest BCUT2D eigenvalue weighted by Gasteiger charge is -2.28. The number of nitrogens with one attached hydrogen (secondary N) is 2. The number of urea groups is 1. The van der Waals surface area contributed by atoms with E-state index in [1.165, 1.54) is 6.07 Å². The Labute approximate surface area is 194 Å². The molecule has 1 unspecified atom stereocenters. The number of hydrogen-bond acceptors (Lipinski definition) is 6. The lowest BCUT2D eigenvalue weighted by Crippen LogP contribution is -2.45. The van der Waals surface area contributed by atoms with Crippen LogP contribution in [0.3, 0.4) is 0 Å². The van der Waals surface area contributed by atoms with Gasteiger partial charge in [0.15, 0.2) is 0 Å². The fourth-order valence-electron chi connectivity index (χ4n) is 3.69. The lowest BCUT2D eigenvalue weighted by molar-refractivity contribution is -0.139. The summed E-state index contributed by atoms with van der Waals surface area (Å²) < 4.78 is 16.3. The van der Waals surface area contributed by atoms with Crippen molar-refractivity contribution in [2.45, 2.75) is 26.5 Å². The van der Waals surface area contributed by atoms with E-state index >= 15 is 0 Å². The summed E-state index contributed by atoms with van der Waals surface area (Å²) in [7, 11) is 0. The van der Waals surface area contributed by atoms with Gasteiger partial charge in [-0.2, -0.15) is 0 Å². The summed E-state index contributed by atoms with van der Waals surface area (Å²) in [5.74, 6) is -0.0252. The van der Waals surface area contributed by atoms with E-state index in [9.17, 15) is 14.4 Å². The molecule has 0 saturated carbocycles. The van der Waals surface area contributed by atoms with E-state index in [1.807, 2.05) is 0 Å². The number of ether oxygens (including phenoxy) is 2. The van der Waals surface area contributed by atoms with E-state index in [-0.39, 0.29) is 13.2 Å². The maximum atomic E-state index is 12.5. The first-order valence-electron chi connectivity index (χ1n) is 10.3. The van der Waals surface area contributed by atoms with Gasteiger partial charge in [0.05, 0.1) is 18.2 Å². The molecule has 2 N–H and O–H groups in total. The number of carbonyl (C=O) groups excluding carboxylic acids is 2. The van der Waals surface area contributed by atoms with Gasteiger partial charge in [0, 0.05) is 27.7 Å². The molecule has 170 valence electrons. The maximum absolute atomic E-state index is 12.5. The zero-order valence-corrected chi connectivity index (χ0v) is 18.7. The van der Waals surface area contributed by atoms with Crippen molar-refractivity contribution in [3.8, 4) is 5.75 Å². The lowest BCUT2D eigenvalue weighted by atomic mass is 9.95. The van der Waals surface area contributed by atoms with Gasteiger partial charge in [0.1, 0.15) is 17.9 Å². The minimum atomic E-state index is -0.704. The zero-order chi connectivity index (χ0) is 23.5. The highest BCUT2D eigenvalue weighted by atomic mass is 35.5. The second kappa shape index (κ2) is 9.38. The number of allylic oxidation sites excluding steroid dienone is 1. The van der Waals surface area contributed by atoms with E-state index in [4.69, 9.17) is 25.5 Å². The van der Waals surface area contributed by atoms with Gasteiger partial charge in [0.25, 0.3) is 0 Å². The van der Waals surface area contributed by atoms with Crippen molar-refractivity contribution in [3.63, 3.8) is 0 Å². The molecule has 2 aromatic carbocycles. The second-order valence-electron chi connectivity index (χ2n) is 7.38. The van der Waals surface area contributed by atoms with Crippen molar-refractivity contribution in [2.24, 2.45) is 0 Å². The zero-order valence-electron chi connectivity index (χ0n) is 17.9. The predicted molar refractivity (Wildman–Crippen MR) is 122 cm³/mol. The third-order valence-corrected chi connectivity index (χ3v) is 5.38. The quantitative estimate of drug-likeness (QED) is 0.414. The first kappa shape index (κ1) is 22.4. The first-order chi connectivity index (χ1) is 15.9. The van der Waals surface area contributed by atoms with E-state index in [1.54, 1.807) is 56.3 Å². The van der Waals surface area contributed by atoms with Crippen molar-refractivity contribution in [2.75, 3.05) is 6.61 Å². The number of amides is 2. The van der Waals surface area contributed by atoms with E-state index in [2.05, 4.69) is 10.6 Å². The molecule has 0 radical (unpaired) electrons. The van der Waals surface area contributed by atoms with Crippen LogP contribution in [0.2, 0.25) is 5.02 Å². The van der Waals surface area contributed by atoms with Crippen molar-refractivity contribution in [3.05, 3.63) is 86.4 Å². The largest absolute Gasteiger partial charge is 0.489 e. The standard InChI is InChI=1S/C24H21ClN2O6/c1-3-31-23(29)21-13(2)26-24(30)27-22(21)14-5-4-6-17(9-14)32-12-15-10-20(28)33-19-8-7-16(25)11-18(15)19/h4-11,22H,3,12H2,1-2H3,(H2,26,27,30). The third kappa shape index (κ3) is 4.85. The summed E-state index contributed by atoms with van der Waals surface area (Å²) in [4.78, 5) is 36.5. The van der Waals surface area contributed by atoms with Crippen LogP contribution in [0.25, 0.3) is 11.0 Å². The van der Waals surface area contributed by atoms with Crippen LogP contribution in [0.4, 0.5) is 4.79 Å². The topological polar surface area (TPSA) is 107 Å². The molecular formula is C24H21ClN2O6. The highest BCUT2D eigenvalue weighted by Gasteiger charge is 2.32. The highest BCUT2D eigenvalue weighted by molar-refractivity contribution is 6.31. The van der Waals surface area contributed by atoms with Crippen LogP contribution < -0.4 is 21.0 Å². The molecule has 8 nitrogen and oxygen atoms in total. The Morgan fingerprint density at radius 3 is 2.76 bits per heavy atom. The van der Waals surface area contributed by atoms with Gasteiger partial charge in [-0.3, -0.25) is 0 Å². The maximum Gasteiger partial charge on any atom is 0.338 e. The average Bonchev–Trinajstić information content (AvgIpc) is 2.77. The molecule has 1 aliphatic rings. The van der Waals surface area contributed by atoms with Crippen molar-refractivity contribution < 1.29 is 23.5 Å². The Morgan fingerprint density at radius 2 is 1.97 bits per heavy atom. The van der Waals surface area contributed by atoms with Crippen LogP contribution in [-0.2, 0) is 16.1 Å². The summed E-state index contributed by atoms with van der Waals surface area (Å²) >= 11 is 6.10. The summed E-state index contributed by atoms with van der Waals surface area (Å²) in [6.45, 7) is 3.66. The molecule has 4 rings (SSSR count). The third-order valence-electron chi connectivity index (χ3n) is 5.14. The summed E-state index contributed by atoms with van der Waals surface area (Å²) in [5, 5.41) is 6.55. The van der Waals surface area contributed by atoms with Crippen LogP contribution >= 0.6 is 11.6 Å². The molecule has 1 aliphatic heterocycles. The minimum absolute atomic E-state index is 0.0874. The molecule has 0 spiro atoms. The number of hydrogen-bond donors (Lipinski definition) is 2. The fraction of sp³-hybridized carbons (Fsp3) is 0.208. The van der Waals surface area contributed by atoms with Crippen LogP contribution in [0.1, 0.15) is 31.0 Å². The molecule has 0 fully saturated rings. The number of esters is 1. The number of carbonyl (C=O) groups is 2. The van der Waals surface area contributed by atoms with Crippen LogP contribution in [0, 0.1) is 0 Å². The Hall–Kier alpha value is -3.78. The van der Waals surface area contributed by atoms with Crippen LogP contribution in [0.15, 0.2) is 69.0 Å². The number of halogens is 1. The van der Waals surface area contributed by atoms with Gasteiger partial charge in [-0.25, -0.2) is 14.4 Å². The highest BCUT2D eigenvalue weighted by Crippen LogP contribution is 2.30. The van der Waals surface area contributed by atoms with E-state index in [0.29, 0.717) is 44.1 Å². The molecule has 1 aromatic heterocycles. The predicted octanol–water partition coefficient (Wildman–Crippen LogP) is 4.22. The van der Waals surface area contributed by atoms with Crippen LogP contribution in [-0.4, -0.2) is 18.6 Å². The molecule has 3 aromatic rings. The average molecular weight is 469 g/mol. The monoisotopic (exact) mass is 468 g/mol. The van der Waals surface area contributed by atoms with Gasteiger partial charge in [0.2, 0.25) is 0 Å². The fourth-order valence-corrected chi connectivity index (χ4v) is 3.86. The molecule has 1 atom stereocenters. The number of benzene rings is 2. The number of rotatable bonds is 6. The normalized spacial score (nSPS) is 15.7. The Kier molecular flexibility index (Phi) is 6.37. The summed E-state index contributed by atoms with van der Waals surface area (Å²) in [6.07, 6.45) is 0. The minimum Gasteiger partial charge on any atom is -0.489 e. The van der Waals surface area contributed by atoms with Gasteiger partial charge < -0.3 is 24.5 Å². The van der Waals surface area contributed by atoms with Gasteiger partial charge in [-0.15, -0.1) is 0 Å². The van der Waals surface area contributed by atoms with E-state index in [0.717, 1.165) is 0 Å². The molecular weight excluding hydrogens is 448 g/mol. The second-order valence-corrected chi connectivity index (χ2v) is 7.82. The molecule has 9 heteroatoms. The molecule has 33 heavy (non-hydrogen) atoms.